The predicted octanol–water partition coefficient (Wildman–Crippen LogP) is 5.78. The number of H-pyrrole nitrogens is 1. The number of carbonyl (C=O) groups is 1. The van der Waals surface area contributed by atoms with Crippen LogP contribution in [-0.4, -0.2) is 30.3 Å². The van der Waals surface area contributed by atoms with E-state index in [0.29, 0.717) is 16.2 Å². The van der Waals surface area contributed by atoms with Crippen LogP contribution >= 0.6 is 23.6 Å². The highest BCUT2D eigenvalue weighted by molar-refractivity contribution is 7.80. The first-order valence-corrected chi connectivity index (χ1v) is 11.6. The highest BCUT2D eigenvalue weighted by atomic mass is 32.1. The molecule has 0 saturated carbocycles. The van der Waals surface area contributed by atoms with Crippen molar-refractivity contribution < 1.29 is 4.79 Å². The Bertz CT molecular complexity index is 1240. The Morgan fingerprint density at radius 1 is 1.35 bits per heavy atom. The first-order valence-electron chi connectivity index (χ1n) is 10.4. The van der Waals surface area contributed by atoms with Crippen LogP contribution in [0.4, 0.5) is 5.13 Å². The zero-order chi connectivity index (χ0) is 22.0. The fraction of sp³-hybridized carbons (Fsp3) is 0.304. The molecule has 0 unspecified atom stereocenters. The van der Waals surface area contributed by atoms with E-state index < -0.39 is 0 Å². The second-order valence-electron chi connectivity index (χ2n) is 7.55. The van der Waals surface area contributed by atoms with Crippen molar-refractivity contribution in [1.82, 2.24) is 19.5 Å². The largest absolute Gasteiger partial charge is 0.342 e. The molecule has 4 rings (SSSR count). The molecule has 0 aliphatic heterocycles. The smallest absolute Gasteiger partial charge is 0.259 e. The Labute approximate surface area is 190 Å². The van der Waals surface area contributed by atoms with Crippen molar-refractivity contribution >= 4 is 50.5 Å². The van der Waals surface area contributed by atoms with Crippen LogP contribution in [0.1, 0.15) is 48.3 Å². The van der Waals surface area contributed by atoms with Gasteiger partial charge in [-0.15, -0.1) is 11.3 Å². The van der Waals surface area contributed by atoms with E-state index in [2.05, 4.69) is 39.8 Å². The molecule has 0 atom stereocenters. The summed E-state index contributed by atoms with van der Waals surface area (Å²) >= 11 is 6.65. The molecule has 0 saturated heterocycles. The first kappa shape index (κ1) is 21.4. The molecule has 0 aliphatic carbocycles. The minimum absolute atomic E-state index is 0.212. The van der Waals surface area contributed by atoms with Gasteiger partial charge < -0.3 is 9.55 Å². The molecule has 0 spiro atoms. The average molecular weight is 452 g/mol. The number of thiazole rings is 1. The molecule has 1 aromatic carbocycles. The number of amides is 1. The van der Waals surface area contributed by atoms with E-state index in [4.69, 9.17) is 17.2 Å². The highest BCUT2D eigenvalue weighted by Gasteiger charge is 2.19. The number of benzene rings is 1. The van der Waals surface area contributed by atoms with Gasteiger partial charge in [-0.3, -0.25) is 10.1 Å². The van der Waals surface area contributed by atoms with E-state index in [1.807, 2.05) is 24.4 Å². The van der Waals surface area contributed by atoms with Gasteiger partial charge in [0.1, 0.15) is 5.52 Å². The maximum atomic E-state index is 12.8. The Morgan fingerprint density at radius 3 is 2.90 bits per heavy atom. The van der Waals surface area contributed by atoms with Crippen LogP contribution in [-0.2, 0) is 13.0 Å². The van der Waals surface area contributed by atoms with E-state index >= 15 is 0 Å². The molecule has 4 aromatic rings. The van der Waals surface area contributed by atoms with Gasteiger partial charge in [-0.05, 0) is 61.7 Å². The van der Waals surface area contributed by atoms with Crippen molar-refractivity contribution in [1.29, 1.82) is 0 Å². The molecule has 8 heteroatoms. The lowest BCUT2D eigenvalue weighted by Crippen LogP contribution is -2.12. The zero-order valence-electron chi connectivity index (χ0n) is 17.9. The lowest BCUT2D eigenvalue weighted by molar-refractivity contribution is 0.102. The summed E-state index contributed by atoms with van der Waals surface area (Å²) in [6, 6.07) is 7.78. The third-order valence-corrected chi connectivity index (χ3v) is 6.22. The van der Waals surface area contributed by atoms with Crippen molar-refractivity contribution in [3.63, 3.8) is 0 Å². The maximum Gasteiger partial charge on any atom is 0.259 e. The van der Waals surface area contributed by atoms with Gasteiger partial charge in [0, 0.05) is 23.8 Å². The number of imidazole rings is 1. The van der Waals surface area contributed by atoms with Gasteiger partial charge in [0.05, 0.1) is 16.8 Å². The molecule has 2 N–H and O–H groups in total. The van der Waals surface area contributed by atoms with E-state index in [9.17, 15) is 4.79 Å². The molecular weight excluding hydrogens is 426 g/mol. The number of nitrogens with zero attached hydrogens (tertiary/aromatic N) is 3. The quantitative estimate of drug-likeness (QED) is 0.333. The number of para-hydroxylation sites is 1. The first-order chi connectivity index (χ1) is 15.0. The SMILES string of the molecule is CCc1c(C)cc(-c2nc3c(C(=O)Nc4nccs4)cccc3[nH]2)n1CCCC(C)=S. The van der Waals surface area contributed by atoms with Crippen LogP contribution in [0.3, 0.4) is 0 Å². The fourth-order valence-corrected chi connectivity index (χ4v) is 4.59. The summed E-state index contributed by atoms with van der Waals surface area (Å²) in [6.45, 7) is 7.19. The molecule has 31 heavy (non-hydrogen) atoms. The molecule has 3 aromatic heterocycles. The van der Waals surface area contributed by atoms with E-state index in [-0.39, 0.29) is 5.91 Å². The molecule has 0 fully saturated rings. The van der Waals surface area contributed by atoms with Gasteiger partial charge >= 0.3 is 0 Å². The summed E-state index contributed by atoms with van der Waals surface area (Å²) < 4.78 is 2.33. The summed E-state index contributed by atoms with van der Waals surface area (Å²) in [5.74, 6) is 0.558. The number of rotatable bonds is 8. The number of carbonyl (C=O) groups excluding carboxylic acids is 1. The topological polar surface area (TPSA) is 75.6 Å². The minimum atomic E-state index is -0.212. The van der Waals surface area contributed by atoms with Gasteiger partial charge in [-0.25, -0.2) is 9.97 Å². The Hall–Kier alpha value is -2.84. The number of aryl methyl sites for hydroxylation is 1. The average Bonchev–Trinajstić information content (AvgIpc) is 3.46. The maximum absolute atomic E-state index is 12.8. The molecule has 0 bridgehead atoms. The molecule has 0 aliphatic rings. The van der Waals surface area contributed by atoms with Gasteiger partial charge in [0.15, 0.2) is 11.0 Å². The van der Waals surface area contributed by atoms with Crippen molar-refractivity contribution in [2.45, 2.75) is 46.6 Å². The minimum Gasteiger partial charge on any atom is -0.342 e. The van der Waals surface area contributed by atoms with E-state index in [1.54, 1.807) is 12.3 Å². The number of nitrogens with one attached hydrogen (secondary N) is 2. The fourth-order valence-electron chi connectivity index (χ4n) is 3.92. The van der Waals surface area contributed by atoms with E-state index in [0.717, 1.165) is 47.7 Å². The number of anilines is 1. The summed E-state index contributed by atoms with van der Waals surface area (Å²) in [7, 11) is 0. The lowest BCUT2D eigenvalue weighted by atomic mass is 10.2. The van der Waals surface area contributed by atoms with Crippen LogP contribution in [0, 0.1) is 6.92 Å². The number of aromatic amines is 1. The molecule has 3 heterocycles. The Balaban J connectivity index is 1.72. The van der Waals surface area contributed by atoms with Crippen molar-refractivity contribution in [2.24, 2.45) is 0 Å². The van der Waals surface area contributed by atoms with Crippen LogP contribution in [0.25, 0.3) is 22.6 Å². The van der Waals surface area contributed by atoms with Gasteiger partial charge in [-0.1, -0.05) is 25.2 Å². The van der Waals surface area contributed by atoms with Crippen molar-refractivity contribution in [2.75, 3.05) is 5.32 Å². The van der Waals surface area contributed by atoms with Crippen molar-refractivity contribution in [3.05, 3.63) is 52.7 Å². The van der Waals surface area contributed by atoms with Crippen molar-refractivity contribution in [3.8, 4) is 11.5 Å². The van der Waals surface area contributed by atoms with Crippen LogP contribution < -0.4 is 5.32 Å². The third-order valence-electron chi connectivity index (χ3n) is 5.32. The van der Waals surface area contributed by atoms with Gasteiger partial charge in [0.25, 0.3) is 5.91 Å². The molecular formula is C23H25N5OS2. The number of aromatic nitrogens is 4. The van der Waals surface area contributed by atoms with Crippen LogP contribution in [0.15, 0.2) is 35.8 Å². The molecule has 6 nitrogen and oxygen atoms in total. The predicted molar refractivity (Wildman–Crippen MR) is 131 cm³/mol. The number of thiocarbonyl (C=S) groups is 1. The van der Waals surface area contributed by atoms with E-state index in [1.165, 1.54) is 22.6 Å². The number of fused-ring (bicyclic) bond motifs is 1. The van der Waals surface area contributed by atoms with Crippen LogP contribution in [0.2, 0.25) is 0 Å². The second kappa shape index (κ2) is 9.11. The molecule has 160 valence electrons. The van der Waals surface area contributed by atoms with Crippen LogP contribution in [0.5, 0.6) is 0 Å². The Kier molecular flexibility index (Phi) is 6.29. The normalized spacial score (nSPS) is 11.2. The zero-order valence-corrected chi connectivity index (χ0v) is 19.5. The second-order valence-corrected chi connectivity index (χ2v) is 9.14. The lowest BCUT2D eigenvalue weighted by Gasteiger charge is -2.12. The van der Waals surface area contributed by atoms with Gasteiger partial charge in [0.2, 0.25) is 0 Å². The summed E-state index contributed by atoms with van der Waals surface area (Å²) in [5.41, 5.74) is 5.61. The summed E-state index contributed by atoms with van der Waals surface area (Å²) in [4.78, 5) is 26.3. The molecule has 0 radical (unpaired) electrons. The standard InChI is InChI=1S/C23H25N5OS2/c1-4-18-14(2)13-19(28(18)11-6-7-15(3)30)21-25-17-9-5-8-16(20(17)26-21)22(29)27-23-24-10-12-31-23/h5,8-10,12-13H,4,6-7,11H2,1-3H3,(H,25,26)(H,24,27,29). The van der Waals surface area contributed by atoms with Gasteiger partial charge in [-0.2, -0.15) is 0 Å². The monoisotopic (exact) mass is 451 g/mol. The third kappa shape index (κ3) is 4.45. The molecule has 1 amide bonds. The Morgan fingerprint density at radius 2 is 2.19 bits per heavy atom. The number of hydrogen-bond donors (Lipinski definition) is 2. The highest BCUT2D eigenvalue weighted by Crippen LogP contribution is 2.28. The number of hydrogen-bond acceptors (Lipinski definition) is 5. The summed E-state index contributed by atoms with van der Waals surface area (Å²) in [6.07, 6.45) is 4.53. The summed E-state index contributed by atoms with van der Waals surface area (Å²) in [5, 5.41) is 5.25.